The third-order valence-electron chi connectivity index (χ3n) is 3.51. The Kier molecular flexibility index (Phi) is 7.19. The van der Waals surface area contributed by atoms with Gasteiger partial charge in [0.2, 0.25) is 5.91 Å². The second-order valence-electron chi connectivity index (χ2n) is 5.84. The van der Waals surface area contributed by atoms with Gasteiger partial charge >= 0.3 is 0 Å². The Morgan fingerprint density at radius 2 is 1.71 bits per heavy atom. The molecule has 2 aromatic carbocycles. The van der Waals surface area contributed by atoms with Crippen molar-refractivity contribution < 1.29 is 9.53 Å². The molecule has 2 rings (SSSR count). The van der Waals surface area contributed by atoms with Gasteiger partial charge < -0.3 is 10.1 Å². The van der Waals surface area contributed by atoms with E-state index < -0.39 is 0 Å². The lowest BCUT2D eigenvalue weighted by atomic mass is 10.1. The topological polar surface area (TPSA) is 38.3 Å². The van der Waals surface area contributed by atoms with Crippen LogP contribution in [0.5, 0.6) is 5.75 Å². The molecule has 0 aliphatic rings. The van der Waals surface area contributed by atoms with Crippen LogP contribution in [0.1, 0.15) is 29.2 Å². The van der Waals surface area contributed by atoms with Crippen LogP contribution in [0.4, 0.5) is 0 Å². The van der Waals surface area contributed by atoms with Crippen LogP contribution in [-0.4, -0.2) is 18.3 Å². The van der Waals surface area contributed by atoms with Crippen LogP contribution < -0.4 is 10.1 Å². The smallest absolute Gasteiger partial charge is 0.230 e. The summed E-state index contributed by atoms with van der Waals surface area (Å²) in [6.07, 6.45) is 0. The number of carbonyl (C=O) groups is 1. The summed E-state index contributed by atoms with van der Waals surface area (Å²) in [6.45, 7) is 7.38. The van der Waals surface area contributed by atoms with E-state index in [0.29, 0.717) is 18.9 Å². The molecule has 0 bridgehead atoms. The summed E-state index contributed by atoms with van der Waals surface area (Å²) in [5.41, 5.74) is 4.89. The summed E-state index contributed by atoms with van der Waals surface area (Å²) >= 11 is 1.64. The second-order valence-corrected chi connectivity index (χ2v) is 6.83. The molecule has 0 atom stereocenters. The Bertz CT molecular complexity index is 648. The molecule has 1 N–H and O–H groups in total. The molecular weight excluding hydrogens is 318 g/mol. The highest BCUT2D eigenvalue weighted by Crippen LogP contribution is 2.16. The standard InChI is InChI=1S/C20H25NO2S/c1-4-23-19-7-5-17(6-8-19)12-21-20(22)14-24-13-18-10-15(2)9-16(3)11-18/h5-11H,4,12-14H2,1-3H3,(H,21,22). The highest BCUT2D eigenvalue weighted by atomic mass is 32.2. The fourth-order valence-electron chi connectivity index (χ4n) is 2.54. The monoisotopic (exact) mass is 343 g/mol. The van der Waals surface area contributed by atoms with Crippen molar-refractivity contribution in [2.24, 2.45) is 0 Å². The maximum Gasteiger partial charge on any atom is 0.230 e. The van der Waals surface area contributed by atoms with Crippen LogP contribution in [0.3, 0.4) is 0 Å². The van der Waals surface area contributed by atoms with Crippen LogP contribution >= 0.6 is 11.8 Å². The largest absolute Gasteiger partial charge is 0.494 e. The first-order chi connectivity index (χ1) is 11.6. The lowest BCUT2D eigenvalue weighted by Gasteiger charge is -2.08. The Morgan fingerprint density at radius 1 is 1.04 bits per heavy atom. The van der Waals surface area contributed by atoms with Crippen molar-refractivity contribution in [3.8, 4) is 5.75 Å². The molecule has 0 saturated carbocycles. The lowest BCUT2D eigenvalue weighted by molar-refractivity contribution is -0.118. The Balaban J connectivity index is 1.71. The lowest BCUT2D eigenvalue weighted by Crippen LogP contribution is -2.24. The third kappa shape index (κ3) is 6.28. The molecule has 0 fully saturated rings. The quantitative estimate of drug-likeness (QED) is 0.778. The molecule has 0 heterocycles. The van der Waals surface area contributed by atoms with E-state index in [1.807, 2.05) is 31.2 Å². The average Bonchev–Trinajstić information content (AvgIpc) is 2.53. The molecule has 4 heteroatoms. The Labute approximate surface area is 148 Å². The number of nitrogens with one attached hydrogen (secondary N) is 1. The molecule has 2 aromatic rings. The van der Waals surface area contributed by atoms with Gasteiger partial charge in [-0.1, -0.05) is 41.5 Å². The zero-order chi connectivity index (χ0) is 17.4. The average molecular weight is 343 g/mol. The molecule has 0 spiro atoms. The molecule has 0 saturated heterocycles. The summed E-state index contributed by atoms with van der Waals surface area (Å²) in [6, 6.07) is 14.3. The van der Waals surface area contributed by atoms with Crippen molar-refractivity contribution in [2.75, 3.05) is 12.4 Å². The predicted molar refractivity (Wildman–Crippen MR) is 102 cm³/mol. The van der Waals surface area contributed by atoms with Crippen LogP contribution in [-0.2, 0) is 17.1 Å². The van der Waals surface area contributed by atoms with E-state index in [-0.39, 0.29) is 5.91 Å². The predicted octanol–water partition coefficient (Wildman–Crippen LogP) is 4.25. The number of carbonyl (C=O) groups excluding carboxylic acids is 1. The molecular formula is C20H25NO2S. The first kappa shape index (κ1) is 18.4. The molecule has 24 heavy (non-hydrogen) atoms. The minimum Gasteiger partial charge on any atom is -0.494 e. The molecule has 0 radical (unpaired) electrons. The summed E-state index contributed by atoms with van der Waals surface area (Å²) in [5.74, 6) is 2.26. The van der Waals surface area contributed by atoms with Gasteiger partial charge in [-0.3, -0.25) is 4.79 Å². The number of hydrogen-bond acceptors (Lipinski definition) is 3. The SMILES string of the molecule is CCOc1ccc(CNC(=O)CSCc2cc(C)cc(C)c2)cc1. The third-order valence-corrected chi connectivity index (χ3v) is 4.51. The number of ether oxygens (including phenoxy) is 1. The molecule has 1 amide bonds. The van der Waals surface area contributed by atoms with Gasteiger partial charge in [0.15, 0.2) is 0 Å². The Morgan fingerprint density at radius 3 is 2.33 bits per heavy atom. The number of rotatable bonds is 8. The number of hydrogen-bond donors (Lipinski definition) is 1. The van der Waals surface area contributed by atoms with Crippen molar-refractivity contribution in [3.05, 3.63) is 64.7 Å². The molecule has 0 unspecified atom stereocenters. The van der Waals surface area contributed by atoms with Gasteiger partial charge in [-0.05, 0) is 44.0 Å². The van der Waals surface area contributed by atoms with E-state index in [4.69, 9.17) is 4.74 Å². The summed E-state index contributed by atoms with van der Waals surface area (Å²) < 4.78 is 5.41. The minimum absolute atomic E-state index is 0.0678. The van der Waals surface area contributed by atoms with E-state index in [0.717, 1.165) is 17.1 Å². The fourth-order valence-corrected chi connectivity index (χ4v) is 3.33. The Hall–Kier alpha value is -1.94. The number of amides is 1. The van der Waals surface area contributed by atoms with E-state index in [2.05, 4.69) is 37.4 Å². The molecule has 3 nitrogen and oxygen atoms in total. The van der Waals surface area contributed by atoms with Gasteiger partial charge in [0.25, 0.3) is 0 Å². The van der Waals surface area contributed by atoms with Crippen LogP contribution in [0.2, 0.25) is 0 Å². The second kappa shape index (κ2) is 9.38. The van der Waals surface area contributed by atoms with Crippen molar-refractivity contribution in [3.63, 3.8) is 0 Å². The highest BCUT2D eigenvalue weighted by molar-refractivity contribution is 7.99. The first-order valence-electron chi connectivity index (χ1n) is 8.20. The van der Waals surface area contributed by atoms with Gasteiger partial charge in [0.05, 0.1) is 12.4 Å². The summed E-state index contributed by atoms with van der Waals surface area (Å²) in [7, 11) is 0. The van der Waals surface area contributed by atoms with Gasteiger partial charge in [-0.15, -0.1) is 11.8 Å². The summed E-state index contributed by atoms with van der Waals surface area (Å²) in [4.78, 5) is 12.0. The fraction of sp³-hybridized carbons (Fsp3) is 0.350. The van der Waals surface area contributed by atoms with E-state index in [1.54, 1.807) is 11.8 Å². The molecule has 0 aliphatic carbocycles. The van der Waals surface area contributed by atoms with Gasteiger partial charge in [0, 0.05) is 12.3 Å². The van der Waals surface area contributed by atoms with Crippen LogP contribution in [0, 0.1) is 13.8 Å². The van der Waals surface area contributed by atoms with Crippen molar-refractivity contribution >= 4 is 17.7 Å². The normalized spacial score (nSPS) is 10.5. The minimum atomic E-state index is 0.0678. The van der Waals surface area contributed by atoms with Crippen molar-refractivity contribution in [1.29, 1.82) is 0 Å². The van der Waals surface area contributed by atoms with Gasteiger partial charge in [0.1, 0.15) is 5.75 Å². The maximum atomic E-state index is 12.0. The number of benzene rings is 2. The molecule has 0 aliphatic heterocycles. The number of aryl methyl sites for hydroxylation is 2. The van der Waals surface area contributed by atoms with Gasteiger partial charge in [-0.25, -0.2) is 0 Å². The van der Waals surface area contributed by atoms with Crippen molar-refractivity contribution in [2.45, 2.75) is 33.1 Å². The maximum absolute atomic E-state index is 12.0. The first-order valence-corrected chi connectivity index (χ1v) is 9.35. The van der Waals surface area contributed by atoms with Crippen LogP contribution in [0.25, 0.3) is 0 Å². The zero-order valence-corrected chi connectivity index (χ0v) is 15.4. The van der Waals surface area contributed by atoms with E-state index >= 15 is 0 Å². The summed E-state index contributed by atoms with van der Waals surface area (Å²) in [5, 5.41) is 2.96. The van der Waals surface area contributed by atoms with E-state index in [1.165, 1.54) is 16.7 Å². The zero-order valence-electron chi connectivity index (χ0n) is 14.6. The number of thioether (sulfide) groups is 1. The molecule has 128 valence electrons. The van der Waals surface area contributed by atoms with E-state index in [9.17, 15) is 4.79 Å². The van der Waals surface area contributed by atoms with Gasteiger partial charge in [-0.2, -0.15) is 0 Å². The highest BCUT2D eigenvalue weighted by Gasteiger charge is 2.03. The van der Waals surface area contributed by atoms with Crippen LogP contribution in [0.15, 0.2) is 42.5 Å². The molecule has 0 aromatic heterocycles. The van der Waals surface area contributed by atoms with Crippen molar-refractivity contribution in [1.82, 2.24) is 5.32 Å².